The summed E-state index contributed by atoms with van der Waals surface area (Å²) in [6, 6.07) is 8.20. The summed E-state index contributed by atoms with van der Waals surface area (Å²) >= 11 is 3.47. The molecule has 2 heterocycles. The Kier molecular flexibility index (Phi) is 3.76. The summed E-state index contributed by atoms with van der Waals surface area (Å²) in [5, 5.41) is 7.33. The fraction of sp³-hybridized carbons (Fsp3) is 0.429. The van der Waals surface area contributed by atoms with E-state index < -0.39 is 0 Å². The van der Waals surface area contributed by atoms with Crippen LogP contribution in [0.2, 0.25) is 0 Å². The van der Waals surface area contributed by atoms with Gasteiger partial charge in [-0.2, -0.15) is 4.98 Å². The van der Waals surface area contributed by atoms with Crippen LogP contribution < -0.4 is 10.6 Å². The average molecular weight is 336 g/mol. The number of nitrogens with zero attached hydrogens (tertiary/aromatic N) is 3. The van der Waals surface area contributed by atoms with Crippen LogP contribution in [-0.4, -0.2) is 34.3 Å². The molecular formula is C14H18BrN5. The van der Waals surface area contributed by atoms with Crippen molar-refractivity contribution < 1.29 is 0 Å². The molecule has 0 aliphatic carbocycles. The highest BCUT2D eigenvalue weighted by Gasteiger charge is 2.25. The summed E-state index contributed by atoms with van der Waals surface area (Å²) in [7, 11) is 0. The van der Waals surface area contributed by atoms with Crippen LogP contribution >= 0.6 is 15.9 Å². The van der Waals surface area contributed by atoms with Gasteiger partial charge in [0.15, 0.2) is 5.82 Å². The molecule has 2 atom stereocenters. The number of aromatic amines is 1. The molecule has 2 unspecified atom stereocenters. The maximum atomic E-state index is 6.13. The summed E-state index contributed by atoms with van der Waals surface area (Å²) in [6.45, 7) is 3.98. The number of hydrogen-bond acceptors (Lipinski definition) is 4. The quantitative estimate of drug-likeness (QED) is 0.884. The van der Waals surface area contributed by atoms with Crippen molar-refractivity contribution in [3.8, 4) is 11.4 Å². The zero-order chi connectivity index (χ0) is 14.1. The number of rotatable bonds is 2. The number of aromatic nitrogens is 3. The van der Waals surface area contributed by atoms with Crippen LogP contribution in [-0.2, 0) is 0 Å². The normalized spacial score (nSPS) is 23.1. The van der Waals surface area contributed by atoms with Gasteiger partial charge in [-0.25, -0.2) is 0 Å². The molecule has 20 heavy (non-hydrogen) atoms. The van der Waals surface area contributed by atoms with Gasteiger partial charge in [0.25, 0.3) is 0 Å². The van der Waals surface area contributed by atoms with Gasteiger partial charge in [-0.1, -0.05) is 35.0 Å². The Morgan fingerprint density at radius 1 is 1.45 bits per heavy atom. The lowest BCUT2D eigenvalue weighted by Crippen LogP contribution is -2.48. The van der Waals surface area contributed by atoms with E-state index in [1.165, 1.54) is 0 Å². The van der Waals surface area contributed by atoms with E-state index in [2.05, 4.69) is 42.9 Å². The molecule has 1 aliphatic heterocycles. The maximum absolute atomic E-state index is 6.13. The van der Waals surface area contributed by atoms with Crippen molar-refractivity contribution in [2.45, 2.75) is 19.4 Å². The smallest absolute Gasteiger partial charge is 0.245 e. The molecule has 2 aromatic rings. The van der Waals surface area contributed by atoms with Crippen LogP contribution in [0.3, 0.4) is 0 Å². The number of piperidine rings is 1. The van der Waals surface area contributed by atoms with Crippen LogP contribution in [0, 0.1) is 5.92 Å². The van der Waals surface area contributed by atoms with E-state index in [-0.39, 0.29) is 6.04 Å². The third-order valence-corrected chi connectivity index (χ3v) is 4.36. The van der Waals surface area contributed by atoms with Crippen molar-refractivity contribution in [1.82, 2.24) is 15.2 Å². The predicted molar refractivity (Wildman–Crippen MR) is 83.5 cm³/mol. The maximum Gasteiger partial charge on any atom is 0.245 e. The topological polar surface area (TPSA) is 70.8 Å². The molecule has 0 amide bonds. The van der Waals surface area contributed by atoms with E-state index in [1.807, 2.05) is 24.3 Å². The van der Waals surface area contributed by atoms with Crippen molar-refractivity contribution in [3.63, 3.8) is 0 Å². The van der Waals surface area contributed by atoms with Gasteiger partial charge >= 0.3 is 0 Å². The summed E-state index contributed by atoms with van der Waals surface area (Å²) < 4.78 is 1.03. The summed E-state index contributed by atoms with van der Waals surface area (Å²) in [4.78, 5) is 6.74. The molecule has 0 spiro atoms. The Morgan fingerprint density at radius 3 is 3.05 bits per heavy atom. The molecule has 1 fully saturated rings. The number of anilines is 1. The molecule has 0 radical (unpaired) electrons. The highest BCUT2D eigenvalue weighted by molar-refractivity contribution is 9.10. The number of halogens is 1. The Hall–Kier alpha value is -1.40. The van der Waals surface area contributed by atoms with Crippen molar-refractivity contribution >= 4 is 21.9 Å². The number of H-pyrrole nitrogens is 1. The standard InChI is InChI=1S/C14H18BrN5/c1-9-5-6-20(8-12(9)16)14-17-13(18-19-14)10-3-2-4-11(15)7-10/h2-4,7,9,12H,5-6,8,16H2,1H3,(H,17,18,19). The van der Waals surface area contributed by atoms with Gasteiger partial charge in [0.05, 0.1) is 0 Å². The molecule has 6 heteroatoms. The molecular weight excluding hydrogens is 318 g/mol. The van der Waals surface area contributed by atoms with Gasteiger partial charge < -0.3 is 10.6 Å². The first-order valence-corrected chi connectivity index (χ1v) is 7.61. The summed E-state index contributed by atoms with van der Waals surface area (Å²) in [5.74, 6) is 2.09. The highest BCUT2D eigenvalue weighted by atomic mass is 79.9. The molecule has 3 rings (SSSR count). The largest absolute Gasteiger partial charge is 0.338 e. The first-order chi connectivity index (χ1) is 9.63. The van der Waals surface area contributed by atoms with Gasteiger partial charge in [0, 0.05) is 29.2 Å². The average Bonchev–Trinajstić information content (AvgIpc) is 2.92. The molecule has 0 saturated carbocycles. The summed E-state index contributed by atoms with van der Waals surface area (Å²) in [6.07, 6.45) is 1.09. The van der Waals surface area contributed by atoms with E-state index in [0.717, 1.165) is 41.3 Å². The van der Waals surface area contributed by atoms with Gasteiger partial charge in [-0.15, -0.1) is 5.10 Å². The molecule has 0 bridgehead atoms. The lowest BCUT2D eigenvalue weighted by atomic mass is 9.95. The highest BCUT2D eigenvalue weighted by Crippen LogP contribution is 2.23. The monoisotopic (exact) mass is 335 g/mol. The minimum atomic E-state index is 0.191. The van der Waals surface area contributed by atoms with E-state index in [0.29, 0.717) is 5.92 Å². The Balaban J connectivity index is 1.80. The van der Waals surface area contributed by atoms with Gasteiger partial charge in [0.2, 0.25) is 5.95 Å². The van der Waals surface area contributed by atoms with Crippen molar-refractivity contribution in [2.75, 3.05) is 18.0 Å². The minimum Gasteiger partial charge on any atom is -0.338 e. The second kappa shape index (κ2) is 5.54. The van der Waals surface area contributed by atoms with Crippen LogP contribution in [0.1, 0.15) is 13.3 Å². The van der Waals surface area contributed by atoms with Crippen molar-refractivity contribution in [3.05, 3.63) is 28.7 Å². The minimum absolute atomic E-state index is 0.191. The second-order valence-electron chi connectivity index (χ2n) is 5.37. The van der Waals surface area contributed by atoms with Crippen LogP contribution in [0.5, 0.6) is 0 Å². The summed E-state index contributed by atoms with van der Waals surface area (Å²) in [5.41, 5.74) is 7.15. The fourth-order valence-electron chi connectivity index (χ4n) is 2.44. The predicted octanol–water partition coefficient (Wildman–Crippen LogP) is 2.41. The first kappa shape index (κ1) is 13.6. The third-order valence-electron chi connectivity index (χ3n) is 3.87. The van der Waals surface area contributed by atoms with Gasteiger partial charge in [0.1, 0.15) is 0 Å². The lowest BCUT2D eigenvalue weighted by molar-refractivity contribution is 0.376. The lowest BCUT2D eigenvalue weighted by Gasteiger charge is -2.34. The van der Waals surface area contributed by atoms with E-state index in [9.17, 15) is 0 Å². The zero-order valence-electron chi connectivity index (χ0n) is 11.4. The third kappa shape index (κ3) is 2.71. The molecule has 1 saturated heterocycles. The second-order valence-corrected chi connectivity index (χ2v) is 6.29. The SMILES string of the molecule is CC1CCN(c2n[nH]c(-c3cccc(Br)c3)n2)CC1N. The van der Waals surface area contributed by atoms with Gasteiger partial charge in [-0.05, 0) is 24.5 Å². The fourth-order valence-corrected chi connectivity index (χ4v) is 2.84. The zero-order valence-corrected chi connectivity index (χ0v) is 13.0. The van der Waals surface area contributed by atoms with Crippen LogP contribution in [0.25, 0.3) is 11.4 Å². The molecule has 106 valence electrons. The number of nitrogens with one attached hydrogen (secondary N) is 1. The van der Waals surface area contributed by atoms with Gasteiger partial charge in [-0.3, -0.25) is 5.10 Å². The van der Waals surface area contributed by atoms with E-state index in [1.54, 1.807) is 0 Å². The molecule has 1 aromatic heterocycles. The first-order valence-electron chi connectivity index (χ1n) is 6.82. The number of benzene rings is 1. The van der Waals surface area contributed by atoms with E-state index >= 15 is 0 Å². The molecule has 5 nitrogen and oxygen atoms in total. The number of hydrogen-bond donors (Lipinski definition) is 2. The Labute approximate surface area is 126 Å². The molecule has 1 aromatic carbocycles. The van der Waals surface area contributed by atoms with Crippen LogP contribution in [0.15, 0.2) is 28.7 Å². The van der Waals surface area contributed by atoms with E-state index in [4.69, 9.17) is 5.73 Å². The van der Waals surface area contributed by atoms with Crippen molar-refractivity contribution in [2.24, 2.45) is 11.7 Å². The van der Waals surface area contributed by atoms with Crippen molar-refractivity contribution in [1.29, 1.82) is 0 Å². The Morgan fingerprint density at radius 2 is 2.30 bits per heavy atom. The molecule has 3 N–H and O–H groups in total. The van der Waals surface area contributed by atoms with Crippen LogP contribution in [0.4, 0.5) is 5.95 Å². The number of nitrogens with two attached hydrogens (primary N) is 1. The molecule has 1 aliphatic rings. The Bertz CT molecular complexity index is 597.